The van der Waals surface area contributed by atoms with Gasteiger partial charge in [-0.3, -0.25) is 10.1 Å². The zero-order valence-electron chi connectivity index (χ0n) is 8.92. The van der Waals surface area contributed by atoms with Crippen molar-refractivity contribution in [3.8, 4) is 0 Å². The fourth-order valence-electron chi connectivity index (χ4n) is 1.12. The van der Waals surface area contributed by atoms with Crippen LogP contribution in [0.4, 0.5) is 4.79 Å². The molecule has 0 radical (unpaired) electrons. The van der Waals surface area contributed by atoms with Gasteiger partial charge < -0.3 is 10.1 Å². The normalized spacial score (nSPS) is 21.7. The SMILES string of the molecule is CC(C)(C)OC(=O)C1CC(=O)NC(=O)N1. The summed E-state index contributed by atoms with van der Waals surface area (Å²) in [6.07, 6.45) is -0.0827. The maximum Gasteiger partial charge on any atom is 0.329 e. The van der Waals surface area contributed by atoms with Gasteiger partial charge in [-0.1, -0.05) is 0 Å². The molecule has 1 aliphatic heterocycles. The Bertz CT molecular complexity index is 290. The summed E-state index contributed by atoms with van der Waals surface area (Å²) in [7, 11) is 0. The van der Waals surface area contributed by atoms with Gasteiger partial charge in [0, 0.05) is 0 Å². The minimum absolute atomic E-state index is 0.0827. The molecule has 0 aliphatic carbocycles. The van der Waals surface area contributed by atoms with Gasteiger partial charge in [-0.05, 0) is 20.8 Å². The molecule has 1 aliphatic rings. The van der Waals surface area contributed by atoms with Gasteiger partial charge in [-0.25, -0.2) is 9.59 Å². The smallest absolute Gasteiger partial charge is 0.329 e. The minimum atomic E-state index is -0.884. The Morgan fingerprint density at radius 1 is 1.40 bits per heavy atom. The largest absolute Gasteiger partial charge is 0.458 e. The van der Waals surface area contributed by atoms with Crippen molar-refractivity contribution in [2.24, 2.45) is 0 Å². The van der Waals surface area contributed by atoms with E-state index in [1.165, 1.54) is 0 Å². The average Bonchev–Trinajstić information content (AvgIpc) is 1.98. The van der Waals surface area contributed by atoms with Crippen molar-refractivity contribution in [2.75, 3.05) is 0 Å². The Kier molecular flexibility index (Phi) is 2.97. The van der Waals surface area contributed by atoms with Crippen LogP contribution in [-0.2, 0) is 14.3 Å². The van der Waals surface area contributed by atoms with Crippen LogP contribution in [0.2, 0.25) is 0 Å². The van der Waals surface area contributed by atoms with Crippen molar-refractivity contribution in [1.82, 2.24) is 10.6 Å². The lowest BCUT2D eigenvalue weighted by Crippen LogP contribution is -2.56. The molecule has 0 saturated carbocycles. The summed E-state index contributed by atoms with van der Waals surface area (Å²) in [5.74, 6) is -1.07. The molecule has 1 heterocycles. The van der Waals surface area contributed by atoms with Crippen molar-refractivity contribution in [1.29, 1.82) is 0 Å². The maximum atomic E-state index is 11.5. The Labute approximate surface area is 87.4 Å². The van der Waals surface area contributed by atoms with Gasteiger partial charge >= 0.3 is 12.0 Å². The van der Waals surface area contributed by atoms with Crippen LogP contribution >= 0.6 is 0 Å². The maximum absolute atomic E-state index is 11.5. The number of esters is 1. The average molecular weight is 214 g/mol. The summed E-state index contributed by atoms with van der Waals surface area (Å²) in [6.45, 7) is 5.15. The van der Waals surface area contributed by atoms with Gasteiger partial charge in [-0.2, -0.15) is 0 Å². The highest BCUT2D eigenvalue weighted by atomic mass is 16.6. The molecule has 1 unspecified atom stereocenters. The highest BCUT2D eigenvalue weighted by Crippen LogP contribution is 2.10. The summed E-state index contributed by atoms with van der Waals surface area (Å²) in [6, 6.07) is -1.55. The molecule has 0 aromatic carbocycles. The van der Waals surface area contributed by atoms with Crippen LogP contribution < -0.4 is 10.6 Å². The molecular formula is C9H14N2O4. The van der Waals surface area contributed by atoms with E-state index in [9.17, 15) is 14.4 Å². The molecule has 0 bridgehead atoms. The predicted octanol–water partition coefficient (Wildman–Crippen LogP) is -0.0738. The van der Waals surface area contributed by atoms with Gasteiger partial charge in [0.2, 0.25) is 5.91 Å². The Hall–Kier alpha value is -1.59. The molecule has 15 heavy (non-hydrogen) atoms. The summed E-state index contributed by atoms with van der Waals surface area (Å²) in [5, 5.41) is 4.35. The summed E-state index contributed by atoms with van der Waals surface area (Å²) in [5.41, 5.74) is -0.629. The van der Waals surface area contributed by atoms with E-state index in [4.69, 9.17) is 4.74 Å². The van der Waals surface area contributed by atoms with Crippen molar-refractivity contribution >= 4 is 17.9 Å². The van der Waals surface area contributed by atoms with Crippen LogP contribution in [0.3, 0.4) is 0 Å². The Balaban J connectivity index is 2.60. The fraction of sp³-hybridized carbons (Fsp3) is 0.667. The van der Waals surface area contributed by atoms with E-state index >= 15 is 0 Å². The number of hydrogen-bond acceptors (Lipinski definition) is 4. The number of amides is 3. The Morgan fingerprint density at radius 2 is 2.00 bits per heavy atom. The minimum Gasteiger partial charge on any atom is -0.458 e. The quantitative estimate of drug-likeness (QED) is 0.598. The summed E-state index contributed by atoms with van der Waals surface area (Å²) < 4.78 is 5.04. The number of carbonyl (C=O) groups excluding carboxylic acids is 3. The molecule has 0 aromatic rings. The molecular weight excluding hydrogens is 200 g/mol. The number of nitrogens with one attached hydrogen (secondary N) is 2. The van der Waals surface area contributed by atoms with Crippen LogP contribution in [0.15, 0.2) is 0 Å². The zero-order valence-corrected chi connectivity index (χ0v) is 8.92. The van der Waals surface area contributed by atoms with Crippen LogP contribution in [0, 0.1) is 0 Å². The Morgan fingerprint density at radius 3 is 2.47 bits per heavy atom. The highest BCUT2D eigenvalue weighted by molar-refractivity contribution is 6.01. The lowest BCUT2D eigenvalue weighted by Gasteiger charge is -2.26. The first-order valence-electron chi connectivity index (χ1n) is 4.61. The lowest BCUT2D eigenvalue weighted by molar-refractivity contribution is -0.158. The molecule has 1 atom stereocenters. The van der Waals surface area contributed by atoms with E-state index in [2.05, 4.69) is 5.32 Å². The second-order valence-electron chi connectivity index (χ2n) is 4.31. The third-order valence-corrected chi connectivity index (χ3v) is 1.64. The van der Waals surface area contributed by atoms with E-state index in [0.717, 1.165) is 0 Å². The third-order valence-electron chi connectivity index (χ3n) is 1.64. The number of rotatable bonds is 1. The van der Waals surface area contributed by atoms with Crippen molar-refractivity contribution in [3.63, 3.8) is 0 Å². The standard InChI is InChI=1S/C9H14N2O4/c1-9(2,3)15-7(13)5-4-6(12)11-8(14)10-5/h5H,4H2,1-3H3,(H2,10,11,12,14). The molecule has 0 spiro atoms. The van der Waals surface area contributed by atoms with E-state index < -0.39 is 29.6 Å². The van der Waals surface area contributed by atoms with Gasteiger partial charge in [-0.15, -0.1) is 0 Å². The third kappa shape index (κ3) is 3.57. The lowest BCUT2D eigenvalue weighted by atomic mass is 10.1. The summed E-state index contributed by atoms with van der Waals surface area (Å²) in [4.78, 5) is 33.4. The molecule has 2 N–H and O–H groups in total. The van der Waals surface area contributed by atoms with Gasteiger partial charge in [0.1, 0.15) is 11.6 Å². The van der Waals surface area contributed by atoms with Crippen LogP contribution in [0.5, 0.6) is 0 Å². The van der Waals surface area contributed by atoms with E-state index in [0.29, 0.717) is 0 Å². The molecule has 0 aromatic heterocycles. The number of imide groups is 1. The van der Waals surface area contributed by atoms with Gasteiger partial charge in [0.05, 0.1) is 6.42 Å². The first-order chi connectivity index (χ1) is 6.78. The van der Waals surface area contributed by atoms with Gasteiger partial charge in [0.15, 0.2) is 0 Å². The second-order valence-corrected chi connectivity index (χ2v) is 4.31. The second kappa shape index (κ2) is 3.88. The van der Waals surface area contributed by atoms with Crippen molar-refractivity contribution < 1.29 is 19.1 Å². The predicted molar refractivity (Wildman–Crippen MR) is 50.9 cm³/mol. The molecule has 1 saturated heterocycles. The van der Waals surface area contributed by atoms with E-state index in [-0.39, 0.29) is 6.42 Å². The van der Waals surface area contributed by atoms with E-state index in [1.807, 2.05) is 5.32 Å². The first kappa shape index (κ1) is 11.5. The number of carbonyl (C=O) groups is 3. The number of hydrogen-bond donors (Lipinski definition) is 2. The molecule has 84 valence electrons. The van der Waals surface area contributed by atoms with E-state index in [1.54, 1.807) is 20.8 Å². The zero-order chi connectivity index (χ0) is 11.6. The molecule has 1 rings (SSSR count). The van der Waals surface area contributed by atoms with Crippen molar-refractivity contribution in [3.05, 3.63) is 0 Å². The number of urea groups is 1. The van der Waals surface area contributed by atoms with Crippen LogP contribution in [-0.4, -0.2) is 29.6 Å². The van der Waals surface area contributed by atoms with Crippen LogP contribution in [0.1, 0.15) is 27.2 Å². The molecule has 6 heteroatoms. The fourth-order valence-corrected chi connectivity index (χ4v) is 1.12. The number of ether oxygens (including phenoxy) is 1. The molecule has 1 fully saturated rings. The summed E-state index contributed by atoms with van der Waals surface area (Å²) >= 11 is 0. The topological polar surface area (TPSA) is 84.5 Å². The molecule has 3 amide bonds. The first-order valence-corrected chi connectivity index (χ1v) is 4.61. The molecule has 6 nitrogen and oxygen atoms in total. The van der Waals surface area contributed by atoms with Crippen molar-refractivity contribution in [2.45, 2.75) is 38.8 Å². The highest BCUT2D eigenvalue weighted by Gasteiger charge is 2.32. The monoisotopic (exact) mass is 214 g/mol. The van der Waals surface area contributed by atoms with Crippen LogP contribution in [0.25, 0.3) is 0 Å². The van der Waals surface area contributed by atoms with Gasteiger partial charge in [0.25, 0.3) is 0 Å².